The second kappa shape index (κ2) is 5.33. The van der Waals surface area contributed by atoms with Crippen molar-refractivity contribution in [3.05, 3.63) is 48.2 Å². The molecule has 3 N–H and O–H groups in total. The average molecular weight is 248 g/mol. The Morgan fingerprint density at radius 2 is 2.33 bits per heavy atom. The van der Waals surface area contributed by atoms with Crippen molar-refractivity contribution >= 4 is 5.91 Å². The van der Waals surface area contributed by atoms with Crippen LogP contribution in [0.1, 0.15) is 22.2 Å². The SMILES string of the molecule is O=C(NCC(O)c1ccco1)c1cncc(O)c1. The molecular weight excluding hydrogens is 236 g/mol. The zero-order valence-corrected chi connectivity index (χ0v) is 9.41. The van der Waals surface area contributed by atoms with Crippen molar-refractivity contribution in [2.45, 2.75) is 6.10 Å². The number of amides is 1. The highest BCUT2D eigenvalue weighted by Gasteiger charge is 2.13. The lowest BCUT2D eigenvalue weighted by Gasteiger charge is -2.09. The molecule has 94 valence electrons. The fourth-order valence-electron chi connectivity index (χ4n) is 1.42. The number of aromatic hydroxyl groups is 1. The fourth-order valence-corrected chi connectivity index (χ4v) is 1.42. The molecule has 0 aliphatic rings. The first-order valence-electron chi connectivity index (χ1n) is 5.30. The predicted octanol–water partition coefficient (Wildman–Crippen LogP) is 0.844. The van der Waals surface area contributed by atoms with Crippen molar-refractivity contribution in [2.24, 2.45) is 0 Å². The number of aliphatic hydroxyl groups excluding tert-OH is 1. The van der Waals surface area contributed by atoms with Crippen LogP contribution in [0.3, 0.4) is 0 Å². The minimum Gasteiger partial charge on any atom is -0.506 e. The fraction of sp³-hybridized carbons (Fsp3) is 0.167. The Morgan fingerprint density at radius 1 is 1.50 bits per heavy atom. The maximum absolute atomic E-state index is 11.7. The van der Waals surface area contributed by atoms with Gasteiger partial charge in [-0.2, -0.15) is 0 Å². The molecule has 1 atom stereocenters. The minimum absolute atomic E-state index is 0.0159. The predicted molar refractivity (Wildman–Crippen MR) is 61.9 cm³/mol. The normalized spacial score (nSPS) is 12.1. The van der Waals surface area contributed by atoms with Crippen LogP contribution in [0.15, 0.2) is 41.3 Å². The van der Waals surface area contributed by atoms with E-state index in [0.717, 1.165) is 0 Å². The first-order valence-corrected chi connectivity index (χ1v) is 5.30. The number of hydrogen-bond donors (Lipinski definition) is 3. The molecular formula is C12H12N2O4. The first kappa shape index (κ1) is 12.1. The number of aliphatic hydroxyl groups is 1. The molecule has 6 heteroatoms. The third-order valence-electron chi connectivity index (χ3n) is 2.31. The van der Waals surface area contributed by atoms with Crippen LogP contribution in [0.5, 0.6) is 5.75 Å². The second-order valence-corrected chi connectivity index (χ2v) is 3.67. The van der Waals surface area contributed by atoms with E-state index in [1.807, 2.05) is 0 Å². The molecule has 0 aliphatic carbocycles. The molecule has 6 nitrogen and oxygen atoms in total. The molecule has 0 aromatic carbocycles. The summed E-state index contributed by atoms with van der Waals surface area (Å²) >= 11 is 0. The summed E-state index contributed by atoms with van der Waals surface area (Å²) in [5.74, 6) is -0.137. The number of rotatable bonds is 4. The Kier molecular flexibility index (Phi) is 3.59. The summed E-state index contributed by atoms with van der Waals surface area (Å²) in [7, 11) is 0. The number of furan rings is 1. The van der Waals surface area contributed by atoms with Crippen LogP contribution in [0.25, 0.3) is 0 Å². The summed E-state index contributed by atoms with van der Waals surface area (Å²) in [5.41, 5.74) is 0.224. The molecule has 0 saturated carbocycles. The van der Waals surface area contributed by atoms with Crippen LogP contribution < -0.4 is 5.32 Å². The van der Waals surface area contributed by atoms with Crippen molar-refractivity contribution in [3.63, 3.8) is 0 Å². The Morgan fingerprint density at radius 3 is 3.00 bits per heavy atom. The van der Waals surface area contributed by atoms with Crippen molar-refractivity contribution in [1.82, 2.24) is 10.3 Å². The third-order valence-corrected chi connectivity index (χ3v) is 2.31. The van der Waals surface area contributed by atoms with E-state index in [4.69, 9.17) is 4.42 Å². The lowest BCUT2D eigenvalue weighted by molar-refractivity contribution is 0.0900. The molecule has 1 amide bonds. The van der Waals surface area contributed by atoms with Gasteiger partial charge in [-0.05, 0) is 18.2 Å². The molecule has 2 rings (SSSR count). The number of carbonyl (C=O) groups excluding carboxylic acids is 1. The molecule has 1 unspecified atom stereocenters. The summed E-state index contributed by atoms with van der Waals surface area (Å²) in [6.45, 7) is 0.0159. The second-order valence-electron chi connectivity index (χ2n) is 3.67. The zero-order chi connectivity index (χ0) is 13.0. The quantitative estimate of drug-likeness (QED) is 0.745. The molecule has 0 bridgehead atoms. The topological polar surface area (TPSA) is 95.6 Å². The number of pyridine rings is 1. The van der Waals surface area contributed by atoms with Crippen LogP contribution in [-0.2, 0) is 0 Å². The monoisotopic (exact) mass is 248 g/mol. The van der Waals surface area contributed by atoms with Gasteiger partial charge in [0.05, 0.1) is 24.6 Å². The molecule has 2 aromatic rings. The van der Waals surface area contributed by atoms with Gasteiger partial charge in [-0.25, -0.2) is 0 Å². The molecule has 0 aliphatic heterocycles. The van der Waals surface area contributed by atoms with Crippen LogP contribution in [-0.4, -0.2) is 27.6 Å². The molecule has 0 fully saturated rings. The van der Waals surface area contributed by atoms with E-state index in [2.05, 4.69) is 10.3 Å². The van der Waals surface area contributed by atoms with E-state index in [9.17, 15) is 15.0 Å². The van der Waals surface area contributed by atoms with E-state index in [-0.39, 0.29) is 17.9 Å². The number of nitrogens with zero attached hydrogens (tertiary/aromatic N) is 1. The summed E-state index contributed by atoms with van der Waals surface area (Å²) in [5, 5.41) is 21.4. The van der Waals surface area contributed by atoms with Crippen LogP contribution in [0, 0.1) is 0 Å². The van der Waals surface area contributed by atoms with E-state index in [1.165, 1.54) is 24.7 Å². The van der Waals surface area contributed by atoms with Gasteiger partial charge in [-0.15, -0.1) is 0 Å². The Labute approximate surface area is 103 Å². The van der Waals surface area contributed by atoms with Gasteiger partial charge in [0.2, 0.25) is 0 Å². The lowest BCUT2D eigenvalue weighted by Crippen LogP contribution is -2.28. The summed E-state index contributed by atoms with van der Waals surface area (Å²) in [4.78, 5) is 15.4. The van der Waals surface area contributed by atoms with Crippen molar-refractivity contribution in [2.75, 3.05) is 6.54 Å². The molecule has 2 aromatic heterocycles. The molecule has 0 spiro atoms. The van der Waals surface area contributed by atoms with Crippen LogP contribution in [0.4, 0.5) is 0 Å². The molecule has 0 radical (unpaired) electrons. The summed E-state index contributed by atoms with van der Waals surface area (Å²) in [6.07, 6.45) is 3.09. The molecule has 0 saturated heterocycles. The van der Waals surface area contributed by atoms with Gasteiger partial charge in [0.1, 0.15) is 17.6 Å². The van der Waals surface area contributed by atoms with Crippen LogP contribution >= 0.6 is 0 Å². The maximum atomic E-state index is 11.7. The average Bonchev–Trinajstić information content (AvgIpc) is 2.89. The van der Waals surface area contributed by atoms with E-state index >= 15 is 0 Å². The van der Waals surface area contributed by atoms with Gasteiger partial charge in [0.15, 0.2) is 0 Å². The number of carbonyl (C=O) groups is 1. The van der Waals surface area contributed by atoms with Gasteiger partial charge in [-0.1, -0.05) is 0 Å². The van der Waals surface area contributed by atoms with E-state index in [0.29, 0.717) is 5.76 Å². The van der Waals surface area contributed by atoms with Crippen molar-refractivity contribution in [3.8, 4) is 5.75 Å². The third kappa shape index (κ3) is 2.86. The highest BCUT2D eigenvalue weighted by molar-refractivity contribution is 5.94. The Balaban J connectivity index is 1.92. The number of aromatic nitrogens is 1. The van der Waals surface area contributed by atoms with Crippen molar-refractivity contribution in [1.29, 1.82) is 0 Å². The van der Waals surface area contributed by atoms with E-state index < -0.39 is 12.0 Å². The highest BCUT2D eigenvalue weighted by Crippen LogP contribution is 2.12. The van der Waals surface area contributed by atoms with Gasteiger partial charge < -0.3 is 19.9 Å². The smallest absolute Gasteiger partial charge is 0.253 e. The summed E-state index contributed by atoms with van der Waals surface area (Å²) in [6, 6.07) is 4.56. The van der Waals surface area contributed by atoms with Crippen molar-refractivity contribution < 1.29 is 19.4 Å². The standard InChI is InChI=1S/C12H12N2O4/c15-9-4-8(5-13-6-9)12(17)14-7-10(16)11-2-1-3-18-11/h1-6,10,15-16H,7H2,(H,14,17). The zero-order valence-electron chi connectivity index (χ0n) is 9.41. The largest absolute Gasteiger partial charge is 0.506 e. The highest BCUT2D eigenvalue weighted by atomic mass is 16.4. The Hall–Kier alpha value is -2.34. The molecule has 18 heavy (non-hydrogen) atoms. The summed E-state index contributed by atoms with van der Waals surface area (Å²) < 4.78 is 5.00. The van der Waals surface area contributed by atoms with Crippen LogP contribution in [0.2, 0.25) is 0 Å². The molecule has 2 heterocycles. The Bertz CT molecular complexity index is 525. The van der Waals surface area contributed by atoms with Gasteiger partial charge in [-0.3, -0.25) is 9.78 Å². The van der Waals surface area contributed by atoms with E-state index in [1.54, 1.807) is 12.1 Å². The number of nitrogens with one attached hydrogen (secondary N) is 1. The first-order chi connectivity index (χ1) is 8.66. The lowest BCUT2D eigenvalue weighted by atomic mass is 10.2. The maximum Gasteiger partial charge on any atom is 0.253 e. The number of hydrogen-bond acceptors (Lipinski definition) is 5. The van der Waals surface area contributed by atoms with Gasteiger partial charge in [0, 0.05) is 6.20 Å². The van der Waals surface area contributed by atoms with Gasteiger partial charge >= 0.3 is 0 Å². The van der Waals surface area contributed by atoms with Gasteiger partial charge in [0.25, 0.3) is 5.91 Å². The minimum atomic E-state index is -0.908.